The van der Waals surface area contributed by atoms with Gasteiger partial charge in [0.15, 0.2) is 11.3 Å². The highest BCUT2D eigenvalue weighted by Crippen LogP contribution is 2.32. The number of carbonyl (C=O) groups is 1. The number of aromatic amines is 2. The highest BCUT2D eigenvalue weighted by Gasteiger charge is 2.25. The number of halogens is 1. The van der Waals surface area contributed by atoms with E-state index in [1.54, 1.807) is 29.2 Å². The molecule has 0 saturated carbocycles. The van der Waals surface area contributed by atoms with Crippen molar-refractivity contribution < 1.29 is 9.18 Å². The van der Waals surface area contributed by atoms with Crippen molar-refractivity contribution in [2.24, 2.45) is 5.41 Å². The molecule has 0 aliphatic heterocycles. The Labute approximate surface area is 211 Å². The van der Waals surface area contributed by atoms with Gasteiger partial charge in [0, 0.05) is 34.8 Å². The summed E-state index contributed by atoms with van der Waals surface area (Å²) < 4.78 is 18.6. The number of nitrogens with one attached hydrogen (secondary N) is 2. The topological polar surface area (TPSA) is 118 Å². The van der Waals surface area contributed by atoms with Crippen LogP contribution in [0.2, 0.25) is 0 Å². The third kappa shape index (κ3) is 3.20. The molecule has 9 nitrogen and oxygen atoms in total. The number of imidazole rings is 1. The van der Waals surface area contributed by atoms with Crippen LogP contribution in [-0.4, -0.2) is 45.6 Å². The molecule has 8 bridgehead atoms. The predicted octanol–water partition coefficient (Wildman–Crippen LogP) is 6.05. The molecule has 7 aromatic rings. The van der Waals surface area contributed by atoms with E-state index in [1.807, 2.05) is 39.0 Å². The van der Waals surface area contributed by atoms with Crippen LogP contribution >= 0.6 is 11.3 Å². The molecule has 0 radical (unpaired) electrons. The number of aromatic nitrogens is 8. The summed E-state index contributed by atoms with van der Waals surface area (Å²) in [5.41, 5.74) is 2.87. The van der Waals surface area contributed by atoms with Gasteiger partial charge in [-0.2, -0.15) is 5.10 Å². The summed E-state index contributed by atoms with van der Waals surface area (Å²) in [5, 5.41) is 8.09. The van der Waals surface area contributed by atoms with Crippen molar-refractivity contribution in [1.29, 1.82) is 0 Å². The highest BCUT2D eigenvalue weighted by atomic mass is 32.1. The second kappa shape index (κ2) is 7.50. The van der Waals surface area contributed by atoms with E-state index < -0.39 is 11.2 Å². The highest BCUT2D eigenvalue weighted by molar-refractivity contribution is 7.24. The van der Waals surface area contributed by atoms with Crippen LogP contribution < -0.4 is 0 Å². The van der Waals surface area contributed by atoms with Crippen LogP contribution in [0.5, 0.6) is 0 Å². The number of fused-ring (bicyclic) bond motifs is 9. The standard InChI is InChI=1S/C26H19FN8OS/c1-26(2,3)25(36)35-13-8-12(9-28-10-13)14-11-30-23-18(19(14)27)22(33-34-23)24-31-15-6-7-29-21(20(15)32-24)16-4-5-17(35)37-16/h4-11H,1-3H3,(H,31,32)(H,30,33,34). The Morgan fingerprint density at radius 2 is 1.89 bits per heavy atom. The van der Waals surface area contributed by atoms with Crippen LogP contribution in [0.4, 0.5) is 4.39 Å². The Morgan fingerprint density at radius 3 is 2.73 bits per heavy atom. The van der Waals surface area contributed by atoms with Gasteiger partial charge in [0.1, 0.15) is 27.2 Å². The maximum atomic E-state index is 16.1. The third-order valence-electron chi connectivity index (χ3n) is 6.33. The first-order valence-corrected chi connectivity index (χ1v) is 12.4. The summed E-state index contributed by atoms with van der Waals surface area (Å²) in [4.78, 5) is 35.8. The minimum absolute atomic E-state index is 0.122. The van der Waals surface area contributed by atoms with Gasteiger partial charge in [0.25, 0.3) is 0 Å². The minimum atomic E-state index is -0.685. The summed E-state index contributed by atoms with van der Waals surface area (Å²) in [7, 11) is 0. The number of H-pyrrole nitrogens is 2. The second-order valence-corrected chi connectivity index (χ2v) is 10.9. The van der Waals surface area contributed by atoms with Crippen molar-refractivity contribution in [1.82, 2.24) is 39.7 Å². The van der Waals surface area contributed by atoms with Crippen molar-refractivity contribution in [3.8, 4) is 0 Å². The van der Waals surface area contributed by atoms with Gasteiger partial charge in [0.2, 0.25) is 5.91 Å². The van der Waals surface area contributed by atoms with Gasteiger partial charge < -0.3 is 4.98 Å². The number of hydrogen-bond donors (Lipinski definition) is 2. The van der Waals surface area contributed by atoms with E-state index in [4.69, 9.17) is 4.98 Å². The summed E-state index contributed by atoms with van der Waals surface area (Å²) in [6, 6.07) is 7.38. The van der Waals surface area contributed by atoms with Crippen molar-refractivity contribution in [2.75, 3.05) is 0 Å². The van der Waals surface area contributed by atoms with Gasteiger partial charge >= 0.3 is 0 Å². The summed E-state index contributed by atoms with van der Waals surface area (Å²) in [6.07, 6.45) is 6.30. The van der Waals surface area contributed by atoms with Crippen LogP contribution in [-0.2, 0) is 0 Å². The average molecular weight is 511 g/mol. The molecule has 182 valence electrons. The molecule has 2 N–H and O–H groups in total. The average Bonchev–Trinajstić information content (AvgIpc) is 3.61. The molecule has 0 aliphatic rings. The number of rotatable bonds is 0. The summed E-state index contributed by atoms with van der Waals surface area (Å²) in [5.74, 6) is -0.628. The van der Waals surface area contributed by atoms with Gasteiger partial charge in [-0.25, -0.2) is 14.4 Å². The molecule has 0 fully saturated rings. The van der Waals surface area contributed by atoms with E-state index in [0.29, 0.717) is 43.6 Å². The van der Waals surface area contributed by atoms with E-state index in [-0.39, 0.29) is 16.7 Å². The zero-order valence-corrected chi connectivity index (χ0v) is 20.8. The van der Waals surface area contributed by atoms with E-state index in [0.717, 1.165) is 10.2 Å². The number of pyridine rings is 3. The molecular weight excluding hydrogens is 491 g/mol. The Hall–Kier alpha value is -4.51. The third-order valence-corrected chi connectivity index (χ3v) is 7.41. The van der Waals surface area contributed by atoms with E-state index in [2.05, 4.69) is 30.1 Å². The minimum Gasteiger partial charge on any atom is -0.336 e. The molecule has 0 aromatic carbocycles. The molecule has 0 unspecified atom stereocenters. The Balaban J connectivity index is 1.80. The van der Waals surface area contributed by atoms with E-state index in [1.165, 1.54) is 17.5 Å². The lowest BCUT2D eigenvalue weighted by Gasteiger charge is -2.19. The Kier molecular flexibility index (Phi) is 4.41. The Bertz CT molecular complexity index is 2130. The predicted molar refractivity (Wildman–Crippen MR) is 143 cm³/mol. The lowest BCUT2D eigenvalue weighted by molar-refractivity contribution is 0.0778. The fraction of sp³-hybridized carbons (Fsp3) is 0.154. The molecule has 7 heterocycles. The number of thiophene rings is 1. The van der Waals surface area contributed by atoms with E-state index >= 15 is 4.39 Å². The quantitative estimate of drug-likeness (QED) is 0.256. The SMILES string of the molecule is CC(C)(C)C(=O)n1c2cncc(c2)c2cnc3[nH]nc(c4nc5c(ccnc5c5ccc1s5)[nH]4)c3c2F. The van der Waals surface area contributed by atoms with E-state index in [9.17, 15) is 4.79 Å². The van der Waals surface area contributed by atoms with Gasteiger partial charge in [-0.05, 0) is 24.3 Å². The first-order chi connectivity index (χ1) is 17.8. The van der Waals surface area contributed by atoms with Gasteiger partial charge in [-0.1, -0.05) is 20.8 Å². The zero-order valence-electron chi connectivity index (χ0n) is 20.0. The monoisotopic (exact) mass is 510 g/mol. The summed E-state index contributed by atoms with van der Waals surface area (Å²) >= 11 is 1.43. The molecule has 0 saturated heterocycles. The van der Waals surface area contributed by atoms with Crippen LogP contribution in [0, 0.1) is 11.2 Å². The van der Waals surface area contributed by atoms with Crippen LogP contribution in [0.3, 0.4) is 0 Å². The zero-order chi connectivity index (χ0) is 25.5. The van der Waals surface area contributed by atoms with Gasteiger partial charge in [0.05, 0.1) is 27.3 Å². The molecule has 7 aromatic heterocycles. The number of carbonyl (C=O) groups excluding carboxylic acids is 1. The number of hydrogen-bond acceptors (Lipinski definition) is 7. The van der Waals surface area contributed by atoms with Crippen LogP contribution in [0.15, 0.2) is 49.1 Å². The molecule has 7 rings (SSSR count). The molecule has 0 aliphatic carbocycles. The van der Waals surface area contributed by atoms with Crippen molar-refractivity contribution in [3.05, 3.63) is 54.9 Å². The Morgan fingerprint density at radius 1 is 1.03 bits per heavy atom. The van der Waals surface area contributed by atoms with Crippen LogP contribution in [0.25, 0.3) is 64.6 Å². The van der Waals surface area contributed by atoms with Crippen molar-refractivity contribution in [2.45, 2.75) is 20.8 Å². The van der Waals surface area contributed by atoms with Crippen molar-refractivity contribution in [3.63, 3.8) is 0 Å². The molecule has 0 amide bonds. The first-order valence-electron chi connectivity index (χ1n) is 11.6. The largest absolute Gasteiger partial charge is 0.336 e. The maximum absolute atomic E-state index is 16.1. The van der Waals surface area contributed by atoms with Crippen LogP contribution in [0.1, 0.15) is 25.6 Å². The smallest absolute Gasteiger partial charge is 0.237 e. The maximum Gasteiger partial charge on any atom is 0.237 e. The lowest BCUT2D eigenvalue weighted by Crippen LogP contribution is -2.26. The molecule has 11 heteroatoms. The fourth-order valence-corrected chi connectivity index (χ4v) is 5.53. The normalized spacial score (nSPS) is 12.4. The lowest BCUT2D eigenvalue weighted by atomic mass is 9.95. The number of nitrogens with zero attached hydrogens (tertiary/aromatic N) is 6. The fourth-order valence-electron chi connectivity index (χ4n) is 4.51. The summed E-state index contributed by atoms with van der Waals surface area (Å²) in [6.45, 7) is 5.59. The van der Waals surface area contributed by atoms with Crippen molar-refractivity contribution >= 4 is 81.8 Å². The molecular formula is C26H19FN8OS. The molecule has 0 atom stereocenters. The first kappa shape index (κ1) is 21.7. The second-order valence-electron chi connectivity index (χ2n) is 9.88. The van der Waals surface area contributed by atoms with Gasteiger partial charge in [-0.15, -0.1) is 11.3 Å². The van der Waals surface area contributed by atoms with Gasteiger partial charge in [-0.3, -0.25) is 24.4 Å². The molecule has 0 spiro atoms. The molecule has 37 heavy (non-hydrogen) atoms.